The number of hydrogen-bond acceptors (Lipinski definition) is 4. The summed E-state index contributed by atoms with van der Waals surface area (Å²) in [6, 6.07) is -0.264. The normalized spacial score (nSPS) is 19.9. The molecular weight excluding hydrogens is 248 g/mol. The van der Waals surface area contributed by atoms with Crippen LogP contribution in [0.1, 0.15) is 41.0 Å². The van der Waals surface area contributed by atoms with Crippen molar-refractivity contribution in [3.8, 4) is 0 Å². The minimum Gasteiger partial charge on any atom is -0.444 e. The molecule has 2 amide bonds. The molecule has 3 N–H and O–H groups in total. The Balaban J connectivity index is 0.000000388. The van der Waals surface area contributed by atoms with Crippen LogP contribution in [0.15, 0.2) is 0 Å². The molecule has 0 aliphatic carbocycles. The molecule has 1 aliphatic heterocycles. The predicted molar refractivity (Wildman–Crippen MR) is 72.7 cm³/mol. The summed E-state index contributed by atoms with van der Waals surface area (Å²) >= 11 is 0. The van der Waals surface area contributed by atoms with Gasteiger partial charge in [0.15, 0.2) is 0 Å². The smallest absolute Gasteiger partial charge is 0.407 e. The Morgan fingerprint density at radius 2 is 2.16 bits per heavy atom. The van der Waals surface area contributed by atoms with Crippen molar-refractivity contribution in [3.05, 3.63) is 0 Å². The Hall–Kier alpha value is -1.30. The molecule has 1 saturated heterocycles. The summed E-state index contributed by atoms with van der Waals surface area (Å²) in [5.41, 5.74) is -0.487. The lowest BCUT2D eigenvalue weighted by atomic mass is 10.1. The first-order valence-electron chi connectivity index (χ1n) is 6.53. The number of rotatable bonds is 2. The van der Waals surface area contributed by atoms with Gasteiger partial charge in [-0.15, -0.1) is 0 Å². The van der Waals surface area contributed by atoms with Gasteiger partial charge in [0, 0.05) is 12.5 Å². The molecule has 0 saturated carbocycles. The Kier molecular flexibility index (Phi) is 7.44. The zero-order valence-corrected chi connectivity index (χ0v) is 12.4. The molecule has 0 aromatic carbocycles. The highest BCUT2D eigenvalue weighted by Gasteiger charge is 2.18. The number of aliphatic hydroxyl groups excluding tert-OH is 1. The van der Waals surface area contributed by atoms with Crippen LogP contribution in [0.2, 0.25) is 0 Å². The molecule has 6 nitrogen and oxygen atoms in total. The first-order chi connectivity index (χ1) is 8.65. The molecule has 0 spiro atoms. The first kappa shape index (κ1) is 17.7. The second-order valence-corrected chi connectivity index (χ2v) is 5.71. The molecule has 2 unspecified atom stereocenters. The second-order valence-electron chi connectivity index (χ2n) is 5.71. The summed E-state index contributed by atoms with van der Waals surface area (Å²) < 4.78 is 4.95. The fourth-order valence-corrected chi connectivity index (χ4v) is 1.27. The molecule has 1 fully saturated rings. The zero-order valence-electron chi connectivity index (χ0n) is 12.4. The van der Waals surface area contributed by atoms with E-state index in [0.717, 1.165) is 13.0 Å². The van der Waals surface area contributed by atoms with Crippen LogP contribution >= 0.6 is 0 Å². The van der Waals surface area contributed by atoms with E-state index in [9.17, 15) is 9.59 Å². The SMILES string of the molecule is CC(CO)NC(=O)OC(C)(C)C.CC1CCNC1=O. The molecular formula is C13H26N2O4. The van der Waals surface area contributed by atoms with E-state index in [1.807, 2.05) is 6.92 Å². The van der Waals surface area contributed by atoms with Crippen LogP contribution in [0.5, 0.6) is 0 Å². The van der Waals surface area contributed by atoms with Gasteiger partial charge in [0.05, 0.1) is 12.6 Å². The maximum absolute atomic E-state index is 11.0. The fourth-order valence-electron chi connectivity index (χ4n) is 1.27. The van der Waals surface area contributed by atoms with E-state index in [2.05, 4.69) is 10.6 Å². The summed E-state index contributed by atoms with van der Waals surface area (Å²) in [5, 5.41) is 13.8. The van der Waals surface area contributed by atoms with Gasteiger partial charge in [-0.3, -0.25) is 4.79 Å². The summed E-state index contributed by atoms with van der Waals surface area (Å²) in [4.78, 5) is 21.4. The number of aliphatic hydroxyl groups is 1. The Bertz CT molecular complexity index is 300. The Labute approximate surface area is 114 Å². The monoisotopic (exact) mass is 274 g/mol. The number of carbonyl (C=O) groups excluding carboxylic acids is 2. The van der Waals surface area contributed by atoms with Crippen molar-refractivity contribution in [2.24, 2.45) is 5.92 Å². The highest BCUT2D eigenvalue weighted by molar-refractivity contribution is 5.80. The lowest BCUT2D eigenvalue weighted by Gasteiger charge is -2.21. The molecule has 112 valence electrons. The molecule has 0 radical (unpaired) electrons. The summed E-state index contributed by atoms with van der Waals surface area (Å²) in [7, 11) is 0. The number of alkyl carbamates (subject to hydrolysis) is 1. The van der Waals surface area contributed by atoms with Crippen LogP contribution in [-0.4, -0.2) is 41.9 Å². The van der Waals surface area contributed by atoms with Gasteiger partial charge in [0.1, 0.15) is 5.60 Å². The number of carbonyl (C=O) groups is 2. The minimum atomic E-state index is -0.496. The van der Waals surface area contributed by atoms with Crippen LogP contribution in [0.3, 0.4) is 0 Å². The molecule has 6 heteroatoms. The average molecular weight is 274 g/mol. The molecule has 0 bridgehead atoms. The summed E-state index contributed by atoms with van der Waals surface area (Å²) in [6.45, 7) is 9.80. The fraction of sp³-hybridized carbons (Fsp3) is 0.846. The van der Waals surface area contributed by atoms with Crippen LogP contribution in [-0.2, 0) is 9.53 Å². The number of amides is 2. The van der Waals surface area contributed by atoms with Crippen molar-refractivity contribution in [3.63, 3.8) is 0 Å². The van der Waals surface area contributed by atoms with Crippen LogP contribution < -0.4 is 10.6 Å². The molecule has 2 atom stereocenters. The van der Waals surface area contributed by atoms with Gasteiger partial charge in [0.25, 0.3) is 0 Å². The van der Waals surface area contributed by atoms with Crippen LogP contribution in [0.4, 0.5) is 4.79 Å². The van der Waals surface area contributed by atoms with Crippen molar-refractivity contribution in [1.29, 1.82) is 0 Å². The highest BCUT2D eigenvalue weighted by atomic mass is 16.6. The minimum absolute atomic E-state index is 0.0841. The topological polar surface area (TPSA) is 87.7 Å². The van der Waals surface area contributed by atoms with Crippen molar-refractivity contribution >= 4 is 12.0 Å². The van der Waals surface area contributed by atoms with Gasteiger partial charge in [0.2, 0.25) is 5.91 Å². The van der Waals surface area contributed by atoms with E-state index >= 15 is 0 Å². The van der Waals surface area contributed by atoms with Gasteiger partial charge < -0.3 is 20.5 Å². The summed E-state index contributed by atoms with van der Waals surface area (Å²) in [5.74, 6) is 0.472. The van der Waals surface area contributed by atoms with Gasteiger partial charge in [-0.1, -0.05) is 6.92 Å². The van der Waals surface area contributed by atoms with E-state index in [1.165, 1.54) is 0 Å². The number of hydrogen-bond donors (Lipinski definition) is 3. The molecule has 0 aromatic rings. The predicted octanol–water partition coefficient (Wildman–Crippen LogP) is 1.03. The third-order valence-electron chi connectivity index (χ3n) is 2.36. The molecule has 0 aromatic heterocycles. The maximum Gasteiger partial charge on any atom is 0.407 e. The van der Waals surface area contributed by atoms with Gasteiger partial charge in [-0.2, -0.15) is 0 Å². The molecule has 1 rings (SSSR count). The molecule has 1 aliphatic rings. The largest absolute Gasteiger partial charge is 0.444 e. The third kappa shape index (κ3) is 9.30. The van der Waals surface area contributed by atoms with Crippen molar-refractivity contribution < 1.29 is 19.4 Å². The van der Waals surface area contributed by atoms with Crippen molar-refractivity contribution in [2.75, 3.05) is 13.2 Å². The van der Waals surface area contributed by atoms with E-state index in [-0.39, 0.29) is 24.5 Å². The lowest BCUT2D eigenvalue weighted by Crippen LogP contribution is -2.39. The Morgan fingerprint density at radius 3 is 2.42 bits per heavy atom. The van der Waals surface area contributed by atoms with Gasteiger partial charge >= 0.3 is 6.09 Å². The second kappa shape index (κ2) is 7.99. The quantitative estimate of drug-likeness (QED) is 0.702. The maximum atomic E-state index is 11.0. The summed E-state index contributed by atoms with van der Waals surface area (Å²) in [6.07, 6.45) is 0.516. The zero-order chi connectivity index (χ0) is 15.1. The first-order valence-corrected chi connectivity index (χ1v) is 6.53. The third-order valence-corrected chi connectivity index (χ3v) is 2.36. The number of nitrogens with one attached hydrogen (secondary N) is 2. The lowest BCUT2D eigenvalue weighted by molar-refractivity contribution is -0.121. The van der Waals surface area contributed by atoms with E-state index in [4.69, 9.17) is 9.84 Å². The van der Waals surface area contributed by atoms with E-state index < -0.39 is 11.7 Å². The van der Waals surface area contributed by atoms with Crippen LogP contribution in [0.25, 0.3) is 0 Å². The average Bonchev–Trinajstić information content (AvgIpc) is 2.61. The van der Waals surface area contributed by atoms with Gasteiger partial charge in [-0.05, 0) is 34.1 Å². The number of ether oxygens (including phenoxy) is 1. The molecule has 1 heterocycles. The standard InChI is InChI=1S/C8H17NO3.C5H9NO/c1-6(5-10)9-7(11)12-8(2,3)4;1-4-2-3-6-5(4)7/h6,10H,5H2,1-4H3,(H,9,11);4H,2-3H2,1H3,(H,6,7). The van der Waals surface area contributed by atoms with E-state index in [0.29, 0.717) is 0 Å². The van der Waals surface area contributed by atoms with Crippen molar-refractivity contribution in [2.45, 2.75) is 52.7 Å². The van der Waals surface area contributed by atoms with E-state index in [1.54, 1.807) is 27.7 Å². The Morgan fingerprint density at radius 1 is 1.58 bits per heavy atom. The van der Waals surface area contributed by atoms with Crippen LogP contribution in [0, 0.1) is 5.92 Å². The van der Waals surface area contributed by atoms with Crippen molar-refractivity contribution in [1.82, 2.24) is 10.6 Å². The molecule has 19 heavy (non-hydrogen) atoms. The highest BCUT2D eigenvalue weighted by Crippen LogP contribution is 2.06. The van der Waals surface area contributed by atoms with Gasteiger partial charge in [-0.25, -0.2) is 4.79 Å².